The molecule has 0 heterocycles. The third-order valence-corrected chi connectivity index (χ3v) is 3.26. The SMILES string of the molecule is COc1cccc(COc2cccc(C(=O)CC(=O)C(=O)O)c2)c1. The number of Topliss-reactive ketones (excluding diaryl/α,β-unsaturated/α-hetero) is 2. The van der Waals surface area contributed by atoms with Crippen LogP contribution in [0.25, 0.3) is 0 Å². The minimum Gasteiger partial charge on any atom is -0.497 e. The summed E-state index contributed by atoms with van der Waals surface area (Å²) in [4.78, 5) is 33.5. The lowest BCUT2D eigenvalue weighted by Crippen LogP contribution is -2.17. The minimum absolute atomic E-state index is 0.229. The Hall–Kier alpha value is -3.15. The summed E-state index contributed by atoms with van der Waals surface area (Å²) in [6.45, 7) is 0.281. The number of methoxy groups -OCH3 is 1. The Kier molecular flexibility index (Phi) is 5.68. The summed E-state index contributed by atoms with van der Waals surface area (Å²) in [7, 11) is 1.58. The highest BCUT2D eigenvalue weighted by Crippen LogP contribution is 2.18. The third-order valence-electron chi connectivity index (χ3n) is 3.26. The fourth-order valence-corrected chi connectivity index (χ4v) is 2.01. The van der Waals surface area contributed by atoms with Crippen LogP contribution in [0.1, 0.15) is 22.3 Å². The zero-order valence-electron chi connectivity index (χ0n) is 13.0. The van der Waals surface area contributed by atoms with E-state index in [1.165, 1.54) is 12.1 Å². The van der Waals surface area contributed by atoms with E-state index in [-0.39, 0.29) is 12.2 Å². The van der Waals surface area contributed by atoms with Gasteiger partial charge in [-0.1, -0.05) is 24.3 Å². The molecule has 124 valence electrons. The van der Waals surface area contributed by atoms with E-state index in [0.717, 1.165) is 5.56 Å². The number of carbonyl (C=O) groups is 3. The van der Waals surface area contributed by atoms with Crippen LogP contribution in [0.4, 0.5) is 0 Å². The van der Waals surface area contributed by atoms with Gasteiger partial charge in [0.1, 0.15) is 18.1 Å². The van der Waals surface area contributed by atoms with Crippen LogP contribution in [-0.2, 0) is 16.2 Å². The summed E-state index contributed by atoms with van der Waals surface area (Å²) in [6.07, 6.45) is -0.672. The molecule has 2 rings (SSSR count). The van der Waals surface area contributed by atoms with E-state index in [0.29, 0.717) is 11.5 Å². The quantitative estimate of drug-likeness (QED) is 0.455. The Morgan fingerprint density at radius 2 is 1.71 bits per heavy atom. The van der Waals surface area contributed by atoms with Gasteiger partial charge < -0.3 is 14.6 Å². The van der Waals surface area contributed by atoms with Crippen molar-refractivity contribution < 1.29 is 29.0 Å². The largest absolute Gasteiger partial charge is 0.497 e. The van der Waals surface area contributed by atoms with Crippen LogP contribution in [0.3, 0.4) is 0 Å². The molecule has 0 unspecified atom stereocenters. The first-order valence-corrected chi connectivity index (χ1v) is 7.14. The average Bonchev–Trinajstić information content (AvgIpc) is 2.60. The van der Waals surface area contributed by atoms with Gasteiger partial charge in [0.2, 0.25) is 5.78 Å². The van der Waals surface area contributed by atoms with E-state index in [2.05, 4.69) is 0 Å². The fraction of sp³-hybridized carbons (Fsp3) is 0.167. The van der Waals surface area contributed by atoms with Crippen LogP contribution in [0.5, 0.6) is 11.5 Å². The maximum atomic E-state index is 11.9. The second-order valence-electron chi connectivity index (χ2n) is 5.00. The van der Waals surface area contributed by atoms with Crippen LogP contribution >= 0.6 is 0 Å². The van der Waals surface area contributed by atoms with Crippen molar-refractivity contribution in [3.63, 3.8) is 0 Å². The summed E-state index contributed by atoms with van der Waals surface area (Å²) in [5, 5.41) is 8.55. The highest BCUT2D eigenvalue weighted by molar-refractivity contribution is 6.37. The van der Waals surface area contributed by atoms with Gasteiger partial charge in [-0.25, -0.2) is 4.79 Å². The molecule has 0 atom stereocenters. The summed E-state index contributed by atoms with van der Waals surface area (Å²) in [5.41, 5.74) is 1.12. The highest BCUT2D eigenvalue weighted by Gasteiger charge is 2.18. The maximum absolute atomic E-state index is 11.9. The second kappa shape index (κ2) is 7.92. The highest BCUT2D eigenvalue weighted by atomic mass is 16.5. The van der Waals surface area contributed by atoms with Crippen molar-refractivity contribution in [3.05, 3.63) is 59.7 Å². The van der Waals surface area contributed by atoms with E-state index in [1.807, 2.05) is 24.3 Å². The predicted molar refractivity (Wildman–Crippen MR) is 85.4 cm³/mol. The number of ether oxygens (including phenoxy) is 2. The van der Waals surface area contributed by atoms with Crippen LogP contribution in [-0.4, -0.2) is 29.8 Å². The standard InChI is InChI=1S/C18H16O6/c1-23-14-6-2-4-12(8-14)11-24-15-7-3-5-13(9-15)16(19)10-17(20)18(21)22/h2-9H,10-11H2,1H3,(H,21,22). The van der Waals surface area contributed by atoms with Crippen molar-refractivity contribution in [1.29, 1.82) is 0 Å². The van der Waals surface area contributed by atoms with E-state index in [4.69, 9.17) is 14.6 Å². The number of ketones is 2. The van der Waals surface area contributed by atoms with Crippen molar-refractivity contribution in [2.24, 2.45) is 0 Å². The summed E-state index contributed by atoms with van der Waals surface area (Å²) in [5.74, 6) is -2.15. The zero-order chi connectivity index (χ0) is 17.5. The number of hydrogen-bond donors (Lipinski definition) is 1. The fourth-order valence-electron chi connectivity index (χ4n) is 2.01. The number of benzene rings is 2. The number of aliphatic carboxylic acids is 1. The van der Waals surface area contributed by atoms with E-state index in [9.17, 15) is 14.4 Å². The zero-order valence-corrected chi connectivity index (χ0v) is 13.0. The molecule has 0 aliphatic heterocycles. The lowest BCUT2D eigenvalue weighted by Gasteiger charge is -2.08. The van der Waals surface area contributed by atoms with Crippen molar-refractivity contribution in [2.75, 3.05) is 7.11 Å². The number of rotatable bonds is 8. The minimum atomic E-state index is -1.62. The van der Waals surface area contributed by atoms with Gasteiger partial charge in [-0.2, -0.15) is 0 Å². The monoisotopic (exact) mass is 328 g/mol. The smallest absolute Gasteiger partial charge is 0.372 e. The Balaban J connectivity index is 2.03. The summed E-state index contributed by atoms with van der Waals surface area (Å²) in [6, 6.07) is 13.7. The second-order valence-corrected chi connectivity index (χ2v) is 5.00. The van der Waals surface area contributed by atoms with Gasteiger partial charge in [-0.3, -0.25) is 9.59 Å². The molecule has 2 aromatic rings. The first kappa shape index (κ1) is 17.2. The number of hydrogen-bond acceptors (Lipinski definition) is 5. The molecule has 6 nitrogen and oxygen atoms in total. The van der Waals surface area contributed by atoms with Crippen LogP contribution in [0.15, 0.2) is 48.5 Å². The lowest BCUT2D eigenvalue weighted by atomic mass is 10.1. The van der Waals surface area contributed by atoms with Crippen LogP contribution in [0, 0.1) is 0 Å². The topological polar surface area (TPSA) is 89.9 Å². The molecule has 6 heteroatoms. The van der Waals surface area contributed by atoms with Gasteiger partial charge in [-0.05, 0) is 29.8 Å². The average molecular weight is 328 g/mol. The summed E-state index contributed by atoms with van der Waals surface area (Å²) >= 11 is 0. The molecule has 2 aromatic carbocycles. The van der Waals surface area contributed by atoms with Crippen molar-refractivity contribution in [1.82, 2.24) is 0 Å². The molecule has 0 spiro atoms. The molecular formula is C18H16O6. The Labute approximate surface area is 138 Å². The van der Waals surface area contributed by atoms with Gasteiger partial charge >= 0.3 is 5.97 Å². The first-order valence-electron chi connectivity index (χ1n) is 7.14. The number of carbonyl (C=O) groups excluding carboxylic acids is 2. The number of carboxylic acid groups (broad SMARTS) is 1. The maximum Gasteiger partial charge on any atom is 0.372 e. The van der Waals surface area contributed by atoms with Gasteiger partial charge in [0, 0.05) is 5.56 Å². The molecule has 24 heavy (non-hydrogen) atoms. The lowest BCUT2D eigenvalue weighted by molar-refractivity contribution is -0.148. The molecule has 0 aliphatic rings. The molecular weight excluding hydrogens is 312 g/mol. The Morgan fingerprint density at radius 1 is 1.00 bits per heavy atom. The third kappa shape index (κ3) is 4.67. The molecule has 0 amide bonds. The molecule has 0 fully saturated rings. The molecule has 0 bridgehead atoms. The van der Waals surface area contributed by atoms with Crippen LogP contribution < -0.4 is 9.47 Å². The Bertz CT molecular complexity index is 766. The summed E-state index contributed by atoms with van der Waals surface area (Å²) < 4.78 is 10.8. The van der Waals surface area contributed by atoms with Gasteiger partial charge in [0.25, 0.3) is 0 Å². The van der Waals surface area contributed by atoms with Crippen molar-refractivity contribution in [3.8, 4) is 11.5 Å². The van der Waals surface area contributed by atoms with Crippen molar-refractivity contribution >= 4 is 17.5 Å². The van der Waals surface area contributed by atoms with Crippen LogP contribution in [0.2, 0.25) is 0 Å². The van der Waals surface area contributed by atoms with Gasteiger partial charge in [0.05, 0.1) is 13.5 Å². The van der Waals surface area contributed by atoms with E-state index >= 15 is 0 Å². The molecule has 0 aromatic heterocycles. The normalized spacial score (nSPS) is 10.0. The Morgan fingerprint density at radius 3 is 2.42 bits per heavy atom. The van der Waals surface area contributed by atoms with E-state index < -0.39 is 24.0 Å². The van der Waals surface area contributed by atoms with E-state index in [1.54, 1.807) is 19.2 Å². The number of carboxylic acids is 1. The van der Waals surface area contributed by atoms with Gasteiger partial charge in [0.15, 0.2) is 5.78 Å². The van der Waals surface area contributed by atoms with Crippen molar-refractivity contribution in [2.45, 2.75) is 13.0 Å². The first-order chi connectivity index (χ1) is 11.5. The molecule has 0 saturated heterocycles. The molecule has 0 saturated carbocycles. The van der Waals surface area contributed by atoms with Gasteiger partial charge in [-0.15, -0.1) is 0 Å². The molecule has 0 radical (unpaired) electrons. The molecule has 0 aliphatic carbocycles. The molecule has 1 N–H and O–H groups in total. The predicted octanol–water partition coefficient (Wildman–Crippen LogP) is 2.50.